The van der Waals surface area contributed by atoms with Gasteiger partial charge >= 0.3 is 0 Å². The van der Waals surface area contributed by atoms with E-state index in [2.05, 4.69) is 37.0 Å². The number of piperazine rings is 1. The molecule has 0 bridgehead atoms. The van der Waals surface area contributed by atoms with Crippen LogP contribution < -0.4 is 5.73 Å². The Morgan fingerprint density at radius 2 is 1.81 bits per heavy atom. The van der Waals surface area contributed by atoms with E-state index < -0.39 is 0 Å². The van der Waals surface area contributed by atoms with Crippen LogP contribution in [0.4, 0.5) is 0 Å². The maximum absolute atomic E-state index is 6.11. The van der Waals surface area contributed by atoms with Gasteiger partial charge in [-0.3, -0.25) is 9.80 Å². The number of piperidine rings is 1. The second kappa shape index (κ2) is 10.0. The van der Waals surface area contributed by atoms with Crippen molar-refractivity contribution in [2.45, 2.75) is 43.8 Å². The lowest BCUT2D eigenvalue weighted by Gasteiger charge is -2.52. The topological polar surface area (TPSA) is 69.7 Å². The van der Waals surface area contributed by atoms with E-state index in [0.29, 0.717) is 30.4 Å². The van der Waals surface area contributed by atoms with Crippen LogP contribution in [0.25, 0.3) is 0 Å². The molecule has 0 aromatic heterocycles. The minimum Gasteiger partial charge on any atom is -0.385 e. The minimum atomic E-state index is 0. The lowest BCUT2D eigenvalue weighted by molar-refractivity contribution is -0.0788. The normalized spacial score (nSPS) is 28.0. The molecule has 4 heterocycles. The molecule has 9 heteroatoms. The van der Waals surface area contributed by atoms with Crippen molar-refractivity contribution in [3.8, 4) is 0 Å². The molecule has 0 amide bonds. The SMILES string of the molecule is Cl.NC1=NN=C(N2CCC(N3C[C@@H]4COCCN4C[C@@H]3Cc3ccc(Cl)cc3)CC2)C1. The van der Waals surface area contributed by atoms with Gasteiger partial charge in [0, 0.05) is 55.9 Å². The molecule has 4 aliphatic rings. The summed E-state index contributed by atoms with van der Waals surface area (Å²) in [5.41, 5.74) is 7.18. The van der Waals surface area contributed by atoms with E-state index in [1.54, 1.807) is 0 Å². The first kappa shape index (κ1) is 22.8. The fraction of sp³-hybridized carbons (Fsp3) is 0.636. The average molecular weight is 467 g/mol. The number of rotatable bonds is 3. The molecule has 1 aromatic carbocycles. The lowest BCUT2D eigenvalue weighted by Crippen LogP contribution is -2.65. The Hall–Kier alpha value is -1.38. The van der Waals surface area contributed by atoms with Gasteiger partial charge in [-0.1, -0.05) is 23.7 Å². The first-order valence-corrected chi connectivity index (χ1v) is 11.5. The summed E-state index contributed by atoms with van der Waals surface area (Å²) in [5, 5.41) is 9.09. The van der Waals surface area contributed by atoms with Crippen molar-refractivity contribution in [3.63, 3.8) is 0 Å². The van der Waals surface area contributed by atoms with Gasteiger partial charge in [0.05, 0.1) is 19.6 Å². The number of hydrogen-bond donors (Lipinski definition) is 1. The number of likely N-dealkylation sites (tertiary alicyclic amines) is 1. The Bertz CT molecular complexity index is 809. The number of benzene rings is 1. The van der Waals surface area contributed by atoms with E-state index in [0.717, 1.165) is 76.1 Å². The van der Waals surface area contributed by atoms with Gasteiger partial charge in [-0.15, -0.1) is 22.6 Å². The predicted molar refractivity (Wildman–Crippen MR) is 127 cm³/mol. The van der Waals surface area contributed by atoms with E-state index >= 15 is 0 Å². The van der Waals surface area contributed by atoms with Gasteiger partial charge in [0.2, 0.25) is 0 Å². The molecule has 2 atom stereocenters. The number of amidine groups is 2. The Kier molecular flexibility index (Phi) is 7.39. The molecule has 170 valence electrons. The first-order chi connectivity index (χ1) is 14.7. The third-order valence-corrected chi connectivity index (χ3v) is 7.25. The third-order valence-electron chi connectivity index (χ3n) is 7.00. The van der Waals surface area contributed by atoms with Crippen LogP contribution in [-0.4, -0.2) is 90.4 Å². The smallest absolute Gasteiger partial charge is 0.135 e. The van der Waals surface area contributed by atoms with Crippen LogP contribution in [0.1, 0.15) is 24.8 Å². The molecular formula is C22H32Cl2N6O. The zero-order valence-electron chi connectivity index (χ0n) is 17.8. The summed E-state index contributed by atoms with van der Waals surface area (Å²) in [6.45, 7) is 7.04. The second-order valence-electron chi connectivity index (χ2n) is 8.91. The fourth-order valence-electron chi connectivity index (χ4n) is 5.37. The summed E-state index contributed by atoms with van der Waals surface area (Å²) >= 11 is 6.11. The van der Waals surface area contributed by atoms with Gasteiger partial charge in [0.1, 0.15) is 11.7 Å². The standard InChI is InChI=1S/C22H31ClN6O.ClH/c23-17-3-1-16(2-4-17)11-19-13-28-9-10-30-15-20(28)14-29(19)18-5-7-27(8-6-18)22-12-21(24)25-26-22;/h1-4,18-20H,5-15H2,(H2,24,25);1H/t19-,20+;/m0./s1. The number of halogens is 2. The van der Waals surface area contributed by atoms with Crippen LogP contribution in [0.5, 0.6) is 0 Å². The number of morpholine rings is 1. The van der Waals surface area contributed by atoms with Crippen LogP contribution in [-0.2, 0) is 11.2 Å². The Morgan fingerprint density at radius 3 is 2.52 bits per heavy atom. The first-order valence-electron chi connectivity index (χ1n) is 11.1. The number of nitrogens with two attached hydrogens (primary N) is 1. The second-order valence-corrected chi connectivity index (χ2v) is 9.34. The highest BCUT2D eigenvalue weighted by molar-refractivity contribution is 6.30. The molecule has 5 rings (SSSR count). The maximum Gasteiger partial charge on any atom is 0.135 e. The van der Waals surface area contributed by atoms with Crippen molar-refractivity contribution < 1.29 is 4.74 Å². The summed E-state index contributed by atoms with van der Waals surface area (Å²) in [5.74, 6) is 1.66. The van der Waals surface area contributed by atoms with Crippen molar-refractivity contribution in [2.24, 2.45) is 15.9 Å². The van der Waals surface area contributed by atoms with E-state index in [1.165, 1.54) is 5.56 Å². The molecule has 0 aliphatic carbocycles. The summed E-state index contributed by atoms with van der Waals surface area (Å²) in [7, 11) is 0. The van der Waals surface area contributed by atoms with E-state index in [9.17, 15) is 0 Å². The van der Waals surface area contributed by atoms with Gasteiger partial charge in [0.15, 0.2) is 0 Å². The van der Waals surface area contributed by atoms with Gasteiger partial charge in [-0.2, -0.15) is 0 Å². The minimum absolute atomic E-state index is 0. The molecule has 1 aromatic rings. The largest absolute Gasteiger partial charge is 0.385 e. The zero-order chi connectivity index (χ0) is 20.5. The van der Waals surface area contributed by atoms with Crippen LogP contribution in [0.3, 0.4) is 0 Å². The number of fused-ring (bicyclic) bond motifs is 1. The summed E-state index contributed by atoms with van der Waals surface area (Å²) in [6.07, 6.45) is 4.08. The molecule has 0 saturated carbocycles. The summed E-state index contributed by atoms with van der Waals surface area (Å²) < 4.78 is 5.80. The molecule has 3 saturated heterocycles. The highest BCUT2D eigenvalue weighted by atomic mass is 35.5. The van der Waals surface area contributed by atoms with Gasteiger partial charge in [-0.05, 0) is 37.0 Å². The average Bonchev–Trinajstić information content (AvgIpc) is 3.21. The van der Waals surface area contributed by atoms with Crippen molar-refractivity contribution in [2.75, 3.05) is 45.9 Å². The number of hydrogen-bond acceptors (Lipinski definition) is 7. The molecule has 3 fully saturated rings. The molecule has 31 heavy (non-hydrogen) atoms. The molecule has 7 nitrogen and oxygen atoms in total. The lowest BCUT2D eigenvalue weighted by atomic mass is 9.93. The quantitative estimate of drug-likeness (QED) is 0.739. The van der Waals surface area contributed by atoms with Crippen molar-refractivity contribution in [1.29, 1.82) is 0 Å². The van der Waals surface area contributed by atoms with Crippen molar-refractivity contribution >= 4 is 35.7 Å². The van der Waals surface area contributed by atoms with E-state index in [1.807, 2.05) is 12.1 Å². The molecule has 4 aliphatic heterocycles. The fourth-order valence-corrected chi connectivity index (χ4v) is 5.50. The van der Waals surface area contributed by atoms with Gasteiger partial charge in [0.25, 0.3) is 0 Å². The predicted octanol–water partition coefficient (Wildman–Crippen LogP) is 2.23. The van der Waals surface area contributed by atoms with Crippen molar-refractivity contribution in [1.82, 2.24) is 14.7 Å². The number of nitrogens with zero attached hydrogens (tertiary/aromatic N) is 5. The van der Waals surface area contributed by atoms with Crippen molar-refractivity contribution in [3.05, 3.63) is 34.9 Å². The Balaban J connectivity index is 0.00000231. The van der Waals surface area contributed by atoms with E-state index in [4.69, 9.17) is 22.1 Å². The number of ether oxygens (including phenoxy) is 1. The van der Waals surface area contributed by atoms with E-state index in [-0.39, 0.29) is 12.4 Å². The van der Waals surface area contributed by atoms with Gasteiger partial charge < -0.3 is 15.4 Å². The van der Waals surface area contributed by atoms with Gasteiger partial charge in [-0.25, -0.2) is 0 Å². The highest BCUT2D eigenvalue weighted by Gasteiger charge is 2.39. The van der Waals surface area contributed by atoms with Crippen LogP contribution in [0.2, 0.25) is 5.02 Å². The molecular weight excluding hydrogens is 435 g/mol. The Morgan fingerprint density at radius 1 is 1.03 bits per heavy atom. The highest BCUT2D eigenvalue weighted by Crippen LogP contribution is 2.28. The summed E-state index contributed by atoms with van der Waals surface area (Å²) in [6, 6.07) is 10.0. The molecule has 0 spiro atoms. The summed E-state index contributed by atoms with van der Waals surface area (Å²) in [4.78, 5) is 7.79. The molecule has 0 unspecified atom stereocenters. The van der Waals surface area contributed by atoms with Crippen LogP contribution in [0.15, 0.2) is 34.5 Å². The monoisotopic (exact) mass is 466 g/mol. The Labute approximate surface area is 195 Å². The molecule has 0 radical (unpaired) electrons. The third kappa shape index (κ3) is 5.17. The van der Waals surface area contributed by atoms with Crippen LogP contribution in [0, 0.1) is 0 Å². The maximum atomic E-state index is 6.11. The zero-order valence-corrected chi connectivity index (χ0v) is 19.4. The van der Waals surface area contributed by atoms with Crippen LogP contribution >= 0.6 is 24.0 Å². The molecule has 2 N–H and O–H groups in total.